The summed E-state index contributed by atoms with van der Waals surface area (Å²) in [6.45, 7) is 8.39. The Hall–Kier alpha value is -3.33. The molecule has 0 saturated heterocycles. The summed E-state index contributed by atoms with van der Waals surface area (Å²) in [6.07, 6.45) is 2.27. The van der Waals surface area contributed by atoms with Gasteiger partial charge in [-0.3, -0.25) is 0 Å². The number of fused-ring (bicyclic) bond motifs is 2. The molecular formula is C25H20N4O5S4. The first-order chi connectivity index (χ1) is 18.4. The van der Waals surface area contributed by atoms with Gasteiger partial charge in [-0.25, -0.2) is 4.79 Å². The SMILES string of the molecule is C=C(OCCCC)Oc1c2c(c(OC(=O)OCCCC)c3c1SC(=C(C#N)C#N)S3)SC(=C(C#N)C#N)S2. The molecule has 9 nitrogen and oxygen atoms in total. The highest BCUT2D eigenvalue weighted by atomic mass is 32.2. The smallest absolute Gasteiger partial charge is 0.466 e. The molecule has 0 amide bonds. The van der Waals surface area contributed by atoms with Gasteiger partial charge < -0.3 is 18.9 Å². The van der Waals surface area contributed by atoms with Gasteiger partial charge in [0, 0.05) is 0 Å². The van der Waals surface area contributed by atoms with Crippen molar-refractivity contribution in [2.75, 3.05) is 13.2 Å². The normalized spacial score (nSPS) is 12.7. The Morgan fingerprint density at radius 3 is 1.50 bits per heavy atom. The maximum absolute atomic E-state index is 12.6. The van der Waals surface area contributed by atoms with Crippen LogP contribution in [-0.4, -0.2) is 19.4 Å². The number of ether oxygens (including phenoxy) is 4. The number of thioether (sulfide) groups is 4. The first kappa shape index (κ1) is 29.2. The molecule has 1 aromatic carbocycles. The van der Waals surface area contributed by atoms with E-state index in [0.29, 0.717) is 46.8 Å². The van der Waals surface area contributed by atoms with Gasteiger partial charge >= 0.3 is 6.16 Å². The van der Waals surface area contributed by atoms with Crippen LogP contribution in [0.15, 0.2) is 51.7 Å². The van der Waals surface area contributed by atoms with Gasteiger partial charge in [0.25, 0.3) is 5.95 Å². The summed E-state index contributed by atoms with van der Waals surface area (Å²) in [7, 11) is 0. The van der Waals surface area contributed by atoms with Crippen LogP contribution in [0.3, 0.4) is 0 Å². The lowest BCUT2D eigenvalue weighted by Crippen LogP contribution is -2.13. The van der Waals surface area contributed by atoms with Crippen molar-refractivity contribution >= 4 is 53.2 Å². The molecule has 2 aliphatic rings. The summed E-state index contributed by atoms with van der Waals surface area (Å²) in [5.41, 5.74) is -0.206. The number of unbranched alkanes of at least 4 members (excludes halogenated alkanes) is 2. The van der Waals surface area contributed by atoms with Crippen LogP contribution in [-0.2, 0) is 9.47 Å². The molecule has 0 spiro atoms. The molecule has 2 heterocycles. The molecule has 38 heavy (non-hydrogen) atoms. The van der Waals surface area contributed by atoms with Crippen LogP contribution in [0.5, 0.6) is 11.5 Å². The number of carbonyl (C=O) groups is 1. The molecule has 0 bridgehead atoms. The molecule has 0 atom stereocenters. The highest BCUT2D eigenvalue weighted by Crippen LogP contribution is 2.68. The first-order valence-electron chi connectivity index (χ1n) is 11.3. The number of rotatable bonds is 10. The van der Waals surface area contributed by atoms with Crippen molar-refractivity contribution in [3.05, 3.63) is 32.1 Å². The van der Waals surface area contributed by atoms with Gasteiger partial charge in [-0.05, 0) is 19.4 Å². The van der Waals surface area contributed by atoms with Gasteiger partial charge in [0.05, 0.1) is 41.3 Å². The number of nitriles is 4. The molecule has 0 saturated carbocycles. The van der Waals surface area contributed by atoms with E-state index in [2.05, 4.69) is 6.58 Å². The molecule has 0 unspecified atom stereocenters. The summed E-state index contributed by atoms with van der Waals surface area (Å²) in [5.74, 6) is 0.462. The molecule has 0 radical (unpaired) electrons. The summed E-state index contributed by atoms with van der Waals surface area (Å²) in [5, 5.41) is 37.8. The standard InChI is InChI=1S/C25H20N4O5S4/c1-4-6-8-31-14(3)33-17-19-21(37-23(35-19)15(10-26)11-27)18(34-25(30)32-9-7-5-2)22-20(17)36-24(38-22)16(12-28)13-29/h3-9H2,1-2H3. The monoisotopic (exact) mass is 584 g/mol. The maximum Gasteiger partial charge on any atom is 0.513 e. The second-order valence-corrected chi connectivity index (χ2v) is 12.0. The van der Waals surface area contributed by atoms with Crippen molar-refractivity contribution in [1.82, 2.24) is 0 Å². The third-order valence-electron chi connectivity index (χ3n) is 4.75. The van der Waals surface area contributed by atoms with Crippen molar-refractivity contribution in [3.63, 3.8) is 0 Å². The Bertz CT molecular complexity index is 1210. The van der Waals surface area contributed by atoms with Crippen molar-refractivity contribution < 1.29 is 23.7 Å². The van der Waals surface area contributed by atoms with Crippen LogP contribution in [0.4, 0.5) is 4.79 Å². The predicted molar refractivity (Wildman–Crippen MR) is 144 cm³/mol. The summed E-state index contributed by atoms with van der Waals surface area (Å²) >= 11 is 4.40. The number of nitrogens with zero attached hydrogens (tertiary/aromatic N) is 4. The van der Waals surface area contributed by atoms with Crippen LogP contribution in [0.1, 0.15) is 39.5 Å². The summed E-state index contributed by atoms with van der Waals surface area (Å²) in [4.78, 5) is 14.4. The van der Waals surface area contributed by atoms with Crippen LogP contribution in [0.25, 0.3) is 0 Å². The topological polar surface area (TPSA) is 149 Å². The fourth-order valence-electron chi connectivity index (χ4n) is 2.91. The molecule has 0 aromatic heterocycles. The van der Waals surface area contributed by atoms with Crippen LogP contribution in [0.2, 0.25) is 0 Å². The van der Waals surface area contributed by atoms with Gasteiger partial charge in [-0.2, -0.15) is 21.0 Å². The number of hydrogen-bond donors (Lipinski definition) is 0. The third kappa shape index (κ3) is 6.56. The van der Waals surface area contributed by atoms with Crippen LogP contribution < -0.4 is 9.47 Å². The van der Waals surface area contributed by atoms with Crippen molar-refractivity contribution in [3.8, 4) is 35.8 Å². The average molecular weight is 585 g/mol. The van der Waals surface area contributed by atoms with Crippen LogP contribution in [0, 0.1) is 45.3 Å². The minimum atomic E-state index is -0.920. The van der Waals surface area contributed by atoms with E-state index >= 15 is 0 Å². The molecule has 194 valence electrons. The molecule has 0 fully saturated rings. The highest BCUT2D eigenvalue weighted by molar-refractivity contribution is 8.26. The minimum absolute atomic E-state index is 0.0307. The fraction of sp³-hybridized carbons (Fsp3) is 0.320. The van der Waals surface area contributed by atoms with Crippen molar-refractivity contribution in [2.24, 2.45) is 0 Å². The molecule has 1 aromatic rings. The minimum Gasteiger partial charge on any atom is -0.466 e. The van der Waals surface area contributed by atoms with Crippen molar-refractivity contribution in [2.45, 2.75) is 59.1 Å². The molecule has 3 rings (SSSR count). The lowest BCUT2D eigenvalue weighted by Gasteiger charge is -2.18. The zero-order valence-electron chi connectivity index (χ0n) is 20.4. The Morgan fingerprint density at radius 2 is 1.11 bits per heavy atom. The van der Waals surface area contributed by atoms with Gasteiger partial charge in [0.2, 0.25) is 0 Å². The first-order valence-corrected chi connectivity index (χ1v) is 14.6. The van der Waals surface area contributed by atoms with E-state index in [-0.39, 0.29) is 29.4 Å². The van der Waals surface area contributed by atoms with Gasteiger partial charge in [-0.1, -0.05) is 73.7 Å². The number of hydrogen-bond acceptors (Lipinski definition) is 13. The molecular weight excluding hydrogens is 565 g/mol. The number of carbonyl (C=O) groups excluding carboxylic acids is 1. The second-order valence-electron chi connectivity index (χ2n) is 7.39. The molecule has 13 heteroatoms. The lowest BCUT2D eigenvalue weighted by atomic mass is 10.3. The van der Waals surface area contributed by atoms with Gasteiger partial charge in [0.15, 0.2) is 11.5 Å². The number of benzene rings is 1. The molecule has 0 N–H and O–H groups in total. The predicted octanol–water partition coefficient (Wildman–Crippen LogP) is 7.58. The zero-order valence-corrected chi connectivity index (χ0v) is 23.7. The van der Waals surface area contributed by atoms with E-state index in [1.54, 1.807) is 0 Å². The Labute approximate surface area is 237 Å². The second kappa shape index (κ2) is 14.0. The maximum atomic E-state index is 12.6. The number of allylic oxidation sites excluding steroid dienone is 2. The van der Waals surface area contributed by atoms with Crippen molar-refractivity contribution in [1.29, 1.82) is 21.0 Å². The molecule has 2 aliphatic heterocycles. The van der Waals surface area contributed by atoms with E-state index in [1.807, 2.05) is 38.1 Å². The molecule has 0 aliphatic carbocycles. The Balaban J connectivity index is 2.17. The van der Waals surface area contributed by atoms with E-state index < -0.39 is 6.16 Å². The van der Waals surface area contributed by atoms with E-state index in [0.717, 1.165) is 66.3 Å². The quantitative estimate of drug-likeness (QED) is 0.0874. The summed E-state index contributed by atoms with van der Waals surface area (Å²) in [6, 6.07) is 7.53. The van der Waals surface area contributed by atoms with E-state index in [4.69, 9.17) is 18.9 Å². The third-order valence-corrected chi connectivity index (χ3v) is 9.94. The van der Waals surface area contributed by atoms with Gasteiger partial charge in [0.1, 0.15) is 35.4 Å². The van der Waals surface area contributed by atoms with E-state index in [9.17, 15) is 25.8 Å². The highest BCUT2D eigenvalue weighted by Gasteiger charge is 2.39. The van der Waals surface area contributed by atoms with Gasteiger partial charge in [-0.15, -0.1) is 0 Å². The van der Waals surface area contributed by atoms with Crippen LogP contribution >= 0.6 is 47.0 Å². The fourth-order valence-corrected chi connectivity index (χ4v) is 8.08. The Morgan fingerprint density at radius 1 is 0.711 bits per heavy atom. The largest absolute Gasteiger partial charge is 0.513 e. The zero-order chi connectivity index (χ0) is 27.7. The summed E-state index contributed by atoms with van der Waals surface area (Å²) < 4.78 is 23.3. The average Bonchev–Trinajstić information content (AvgIpc) is 3.54. The Kier molecular flexibility index (Phi) is 10.8. The lowest BCUT2D eigenvalue weighted by molar-refractivity contribution is 0.0937. The van der Waals surface area contributed by atoms with E-state index in [1.165, 1.54) is 0 Å².